The number of aromatic nitrogens is 2. The Balaban J connectivity index is 0.00000529. The molecule has 242 valence electrons. The summed E-state index contributed by atoms with van der Waals surface area (Å²) in [6, 6.07) is 2.63. The fraction of sp³-hybridized carbons (Fsp3) is 0.581. The number of hydrogen-bond donors (Lipinski definition) is 2. The molecule has 1 amide bonds. The summed E-state index contributed by atoms with van der Waals surface area (Å²) in [5.41, 5.74) is 7.56. The molecule has 2 aliphatic carbocycles. The number of Topliss-reactive ketones (excluding diaryl/α,β-unsaturated/α-hetero) is 1. The van der Waals surface area contributed by atoms with E-state index >= 15 is 4.39 Å². The van der Waals surface area contributed by atoms with Crippen LogP contribution in [0.1, 0.15) is 85.5 Å². The highest BCUT2D eigenvalue weighted by Gasteiger charge is 2.38. The van der Waals surface area contributed by atoms with Gasteiger partial charge in [-0.25, -0.2) is 9.07 Å². The van der Waals surface area contributed by atoms with Gasteiger partial charge < -0.3 is 37.4 Å². The van der Waals surface area contributed by atoms with Gasteiger partial charge in [0.05, 0.1) is 61.5 Å². The highest BCUT2D eigenvalue weighted by Crippen LogP contribution is 2.38. The lowest BCUT2D eigenvalue weighted by Crippen LogP contribution is -3.00. The van der Waals surface area contributed by atoms with E-state index < -0.39 is 29.8 Å². The van der Waals surface area contributed by atoms with Gasteiger partial charge in [0.2, 0.25) is 0 Å². The third-order valence-corrected chi connectivity index (χ3v) is 7.75. The molecular weight excluding hydrogens is 593 g/mol. The van der Waals surface area contributed by atoms with Crippen LogP contribution in [0.15, 0.2) is 12.1 Å². The van der Waals surface area contributed by atoms with Gasteiger partial charge in [0.25, 0.3) is 5.91 Å². The molecule has 3 N–H and O–H groups in total. The molecule has 1 aromatic heterocycles. The van der Waals surface area contributed by atoms with Crippen LogP contribution in [0.25, 0.3) is 5.69 Å². The predicted molar refractivity (Wildman–Crippen MR) is 157 cm³/mol. The van der Waals surface area contributed by atoms with E-state index in [1.807, 2.05) is 41.9 Å². The first kappa shape index (κ1) is 35.0. The molecule has 2 aromatic rings. The molecule has 1 aromatic carbocycles. The topological polar surface area (TPSA) is 143 Å². The first-order valence-corrected chi connectivity index (χ1v) is 14.7. The number of rotatable bonds is 11. The van der Waals surface area contributed by atoms with Gasteiger partial charge in [-0.05, 0) is 24.3 Å². The molecule has 0 aliphatic heterocycles. The Kier molecular flexibility index (Phi) is 10.5. The zero-order valence-electron chi connectivity index (χ0n) is 26.5. The van der Waals surface area contributed by atoms with Gasteiger partial charge in [-0.1, -0.05) is 20.8 Å². The van der Waals surface area contributed by atoms with Crippen molar-refractivity contribution in [3.05, 3.63) is 40.5 Å². The number of ether oxygens (including phenoxy) is 2. The first-order valence-electron chi connectivity index (χ1n) is 14.7. The Hall–Kier alpha value is -3.51. The van der Waals surface area contributed by atoms with Crippen LogP contribution in [0.5, 0.6) is 0 Å². The summed E-state index contributed by atoms with van der Waals surface area (Å²) in [6.07, 6.45) is 1.37. The Bertz CT molecular complexity index is 1440. The normalized spacial score (nSPS) is 19.6. The van der Waals surface area contributed by atoms with E-state index in [0.717, 1.165) is 5.69 Å². The quantitative estimate of drug-likeness (QED) is 0.266. The van der Waals surface area contributed by atoms with E-state index in [2.05, 4.69) is 10.4 Å². The maximum atomic E-state index is 15.4. The molecular formula is C31H43ClFN5O6. The van der Waals surface area contributed by atoms with Crippen molar-refractivity contribution in [1.29, 1.82) is 0 Å². The van der Waals surface area contributed by atoms with Gasteiger partial charge in [0.15, 0.2) is 11.9 Å². The zero-order chi connectivity index (χ0) is 31.9. The zero-order valence-corrected chi connectivity index (χ0v) is 27.2. The van der Waals surface area contributed by atoms with Crippen molar-refractivity contribution in [3.63, 3.8) is 0 Å². The lowest BCUT2D eigenvalue weighted by Gasteiger charge is -2.36. The van der Waals surface area contributed by atoms with Gasteiger partial charge in [0.1, 0.15) is 18.5 Å². The molecule has 2 aliphatic rings. The number of amides is 1. The number of nitrogens with zero attached hydrogens (tertiary/aromatic N) is 3. The van der Waals surface area contributed by atoms with Gasteiger partial charge in [-0.15, -0.1) is 0 Å². The van der Waals surface area contributed by atoms with Crippen LogP contribution in [-0.2, 0) is 31.9 Å². The van der Waals surface area contributed by atoms with Crippen LogP contribution in [0, 0.1) is 11.2 Å². The molecule has 13 heteroatoms. The number of quaternary nitrogens is 1. The first-order chi connectivity index (χ1) is 20.0. The summed E-state index contributed by atoms with van der Waals surface area (Å²) in [5, 5.41) is 7.86. The van der Waals surface area contributed by atoms with E-state index in [0.29, 0.717) is 60.1 Å². The predicted octanol–water partition coefficient (Wildman–Crippen LogP) is 0.346. The molecule has 1 heterocycles. The second kappa shape index (κ2) is 13.2. The van der Waals surface area contributed by atoms with Crippen LogP contribution < -0.4 is 23.5 Å². The largest absolute Gasteiger partial charge is 1.00 e. The van der Waals surface area contributed by atoms with Crippen molar-refractivity contribution < 1.29 is 49.9 Å². The van der Waals surface area contributed by atoms with Crippen molar-refractivity contribution in [1.82, 2.24) is 9.78 Å². The summed E-state index contributed by atoms with van der Waals surface area (Å²) < 4.78 is 28.4. The minimum absolute atomic E-state index is 0. The van der Waals surface area contributed by atoms with Crippen LogP contribution in [-0.4, -0.2) is 83.8 Å². The number of carbonyl (C=O) groups is 4. The summed E-state index contributed by atoms with van der Waals surface area (Å²) in [7, 11) is 5.81. The molecule has 1 unspecified atom stereocenters. The average Bonchev–Trinajstić information content (AvgIpc) is 3.18. The third-order valence-electron chi connectivity index (χ3n) is 7.75. The Morgan fingerprint density at radius 3 is 2.43 bits per heavy atom. The molecule has 1 fully saturated rings. The van der Waals surface area contributed by atoms with Crippen molar-refractivity contribution in [2.45, 2.75) is 84.5 Å². The number of halogens is 2. The van der Waals surface area contributed by atoms with Gasteiger partial charge in [-0.2, -0.15) is 5.10 Å². The number of esters is 2. The molecule has 0 spiro atoms. The molecule has 0 radical (unpaired) electrons. The maximum Gasteiger partial charge on any atom is 0.310 e. The van der Waals surface area contributed by atoms with Crippen molar-refractivity contribution in [3.8, 4) is 5.69 Å². The van der Waals surface area contributed by atoms with E-state index in [1.54, 1.807) is 10.7 Å². The lowest BCUT2D eigenvalue weighted by atomic mass is 9.75. The van der Waals surface area contributed by atoms with Gasteiger partial charge >= 0.3 is 11.9 Å². The van der Waals surface area contributed by atoms with Crippen molar-refractivity contribution in [2.75, 3.05) is 33.0 Å². The minimum atomic E-state index is -0.921. The number of nitrogens with one attached hydrogen (secondary N) is 1. The number of primary amides is 1. The van der Waals surface area contributed by atoms with Crippen LogP contribution in [0.4, 0.5) is 10.1 Å². The molecule has 4 rings (SSSR count). The highest BCUT2D eigenvalue weighted by atomic mass is 35.5. The van der Waals surface area contributed by atoms with Gasteiger partial charge in [0, 0.05) is 38.3 Å². The number of aryl methyl sites for hydroxylation is 1. The lowest BCUT2D eigenvalue weighted by molar-refractivity contribution is -0.873. The maximum absolute atomic E-state index is 15.4. The number of likely N-dealkylation sites (N-methyl/N-ethyl adjacent to an activating group) is 1. The summed E-state index contributed by atoms with van der Waals surface area (Å²) in [6.45, 7) is 7.70. The Morgan fingerprint density at radius 1 is 1.20 bits per heavy atom. The van der Waals surface area contributed by atoms with Crippen LogP contribution >= 0.6 is 0 Å². The average molecular weight is 636 g/mol. The fourth-order valence-electron chi connectivity index (χ4n) is 5.98. The summed E-state index contributed by atoms with van der Waals surface area (Å²) in [4.78, 5) is 49.4. The number of hydrogen-bond acceptors (Lipinski definition) is 8. The number of carbonyl (C=O) groups excluding carboxylic acids is 4. The second-order valence-electron chi connectivity index (χ2n) is 13.5. The number of benzene rings is 1. The monoisotopic (exact) mass is 635 g/mol. The third kappa shape index (κ3) is 8.15. The highest BCUT2D eigenvalue weighted by molar-refractivity contribution is 6.00. The molecule has 1 atom stereocenters. The van der Waals surface area contributed by atoms with Gasteiger partial charge in [-0.3, -0.25) is 19.2 Å². The molecule has 0 saturated heterocycles. The molecule has 0 bridgehead atoms. The Labute approximate surface area is 263 Å². The fourth-order valence-corrected chi connectivity index (χ4v) is 5.98. The smallest absolute Gasteiger partial charge is 0.310 e. The number of nitrogens with two attached hydrogens (primary N) is 1. The minimum Gasteiger partial charge on any atom is -1.00 e. The Morgan fingerprint density at radius 2 is 1.86 bits per heavy atom. The van der Waals surface area contributed by atoms with E-state index in [4.69, 9.17) is 15.2 Å². The van der Waals surface area contributed by atoms with E-state index in [9.17, 15) is 19.2 Å². The second-order valence-corrected chi connectivity index (χ2v) is 13.5. The summed E-state index contributed by atoms with van der Waals surface area (Å²) >= 11 is 0. The molecule has 44 heavy (non-hydrogen) atoms. The van der Waals surface area contributed by atoms with Crippen molar-refractivity contribution in [2.24, 2.45) is 11.1 Å². The summed E-state index contributed by atoms with van der Waals surface area (Å²) in [5.74, 6) is -2.63. The van der Waals surface area contributed by atoms with Crippen LogP contribution in [0.3, 0.4) is 0 Å². The van der Waals surface area contributed by atoms with Crippen molar-refractivity contribution >= 4 is 29.3 Å². The van der Waals surface area contributed by atoms with Crippen LogP contribution in [0.2, 0.25) is 0 Å². The molecule has 11 nitrogen and oxygen atoms in total. The SMILES string of the molecule is CCc1nn(-c2cc(F)c(C(N)=O)c(NC3CC(OC(=O)CC(C[N+](C)(C)C)OC(C)=O)C3)c2)c2c1C(=O)CC(C)(C)C2.[Cl-]. The van der Waals surface area contributed by atoms with E-state index in [-0.39, 0.29) is 53.4 Å². The number of fused-ring (bicyclic) bond motifs is 1. The molecule has 1 saturated carbocycles. The van der Waals surface area contributed by atoms with E-state index in [1.165, 1.54) is 13.0 Å². The number of anilines is 1. The number of ketones is 1. The standard InChI is InChI=1S/C31H42FN5O6.ClH/c1-8-23-29-25(14-31(3,4)15-26(29)39)36(35-23)19-11-22(32)28(30(33)41)24(12-19)34-18-9-20(10-18)43-27(40)13-21(42-17(2)38)16-37(5,6)7;/h11-12,18,20-21H,8-10,13-16H2,1-7H3,(H2-,33,34,41);1H.